The lowest BCUT2D eigenvalue weighted by atomic mass is 9.96. The van der Waals surface area contributed by atoms with Gasteiger partial charge in [0.05, 0.1) is 6.54 Å². The Bertz CT molecular complexity index is 690. The molecular weight excluding hydrogens is 306 g/mol. The van der Waals surface area contributed by atoms with E-state index in [1.165, 1.54) is 0 Å². The second kappa shape index (κ2) is 7.49. The number of amides is 2. The predicted octanol–water partition coefficient (Wildman–Crippen LogP) is 2.35. The number of pyridine rings is 1. The van der Waals surface area contributed by atoms with Crippen molar-refractivity contribution in [2.24, 2.45) is 0 Å². The molecule has 0 aliphatic heterocycles. The quantitative estimate of drug-likeness (QED) is 0.758. The van der Waals surface area contributed by atoms with Crippen LogP contribution in [-0.4, -0.2) is 29.2 Å². The van der Waals surface area contributed by atoms with Crippen LogP contribution >= 0.6 is 0 Å². The molecule has 0 saturated heterocycles. The van der Waals surface area contributed by atoms with Crippen LogP contribution in [0.2, 0.25) is 0 Å². The van der Waals surface area contributed by atoms with Crippen molar-refractivity contribution < 1.29 is 14.3 Å². The fourth-order valence-electron chi connectivity index (χ4n) is 2.54. The summed E-state index contributed by atoms with van der Waals surface area (Å²) in [5.41, 5.74) is 1.54. The molecule has 2 aromatic heterocycles. The fourth-order valence-corrected chi connectivity index (χ4v) is 2.54. The van der Waals surface area contributed by atoms with Crippen molar-refractivity contribution in [3.63, 3.8) is 0 Å². The normalized spacial score (nSPS) is 13.4. The molecule has 24 heavy (non-hydrogen) atoms. The molecule has 0 aliphatic carbocycles. The minimum Gasteiger partial charge on any atom is -0.466 e. The molecule has 6 nitrogen and oxygen atoms in total. The summed E-state index contributed by atoms with van der Waals surface area (Å²) in [5.74, 6) is 1.39. The Kier molecular flexibility index (Phi) is 5.62. The molecule has 3 N–H and O–H groups in total. The van der Waals surface area contributed by atoms with Crippen LogP contribution in [0.4, 0.5) is 4.79 Å². The second-order valence-corrected chi connectivity index (χ2v) is 6.27. The van der Waals surface area contributed by atoms with E-state index >= 15 is 0 Å². The summed E-state index contributed by atoms with van der Waals surface area (Å²) in [6.45, 7) is 7.82. The van der Waals surface area contributed by atoms with E-state index in [-0.39, 0.29) is 12.6 Å². The lowest BCUT2D eigenvalue weighted by Gasteiger charge is -2.23. The number of nitrogens with one attached hydrogen (secondary N) is 2. The smallest absolute Gasteiger partial charge is 0.314 e. The first-order valence-corrected chi connectivity index (χ1v) is 8.01. The van der Waals surface area contributed by atoms with Crippen LogP contribution in [0.3, 0.4) is 0 Å². The summed E-state index contributed by atoms with van der Waals surface area (Å²) >= 11 is 0. The Labute approximate surface area is 142 Å². The highest BCUT2D eigenvalue weighted by Gasteiger charge is 2.28. The third-order valence-corrected chi connectivity index (χ3v) is 3.89. The van der Waals surface area contributed by atoms with Crippen LogP contribution in [0, 0.1) is 20.8 Å². The van der Waals surface area contributed by atoms with E-state index in [0.717, 1.165) is 17.0 Å². The number of aliphatic hydroxyl groups is 1. The zero-order chi connectivity index (χ0) is 17.7. The average molecular weight is 331 g/mol. The summed E-state index contributed by atoms with van der Waals surface area (Å²) in [6, 6.07) is 5.42. The van der Waals surface area contributed by atoms with Crippen LogP contribution < -0.4 is 10.6 Å². The molecule has 2 heterocycles. The Balaban J connectivity index is 1.78. The SMILES string of the molecule is Cc1ccc(CCNC(=O)NCC(C)(O)c2cc(C)oc2C)cn1. The van der Waals surface area contributed by atoms with Gasteiger partial charge in [0.15, 0.2) is 0 Å². The topological polar surface area (TPSA) is 87.4 Å². The Morgan fingerprint density at radius 3 is 2.62 bits per heavy atom. The molecule has 2 aromatic rings. The number of urea groups is 1. The molecule has 2 rings (SSSR count). The van der Waals surface area contributed by atoms with Crippen molar-refractivity contribution in [3.8, 4) is 0 Å². The molecule has 6 heteroatoms. The van der Waals surface area contributed by atoms with Crippen LogP contribution in [0.15, 0.2) is 28.8 Å². The van der Waals surface area contributed by atoms with Gasteiger partial charge in [-0.05, 0) is 51.8 Å². The molecule has 0 fully saturated rings. The molecule has 0 aromatic carbocycles. The first-order chi connectivity index (χ1) is 11.3. The van der Waals surface area contributed by atoms with Crippen molar-refractivity contribution in [2.75, 3.05) is 13.1 Å². The van der Waals surface area contributed by atoms with Gasteiger partial charge in [0, 0.05) is 24.0 Å². The number of rotatable bonds is 6. The van der Waals surface area contributed by atoms with Gasteiger partial charge in [-0.15, -0.1) is 0 Å². The van der Waals surface area contributed by atoms with Gasteiger partial charge in [0.2, 0.25) is 0 Å². The third kappa shape index (κ3) is 4.83. The molecule has 130 valence electrons. The number of aromatic nitrogens is 1. The minimum atomic E-state index is -1.18. The lowest BCUT2D eigenvalue weighted by molar-refractivity contribution is 0.0579. The van der Waals surface area contributed by atoms with Gasteiger partial charge in [-0.3, -0.25) is 4.98 Å². The second-order valence-electron chi connectivity index (χ2n) is 6.27. The number of nitrogens with zero attached hydrogens (tertiary/aromatic N) is 1. The van der Waals surface area contributed by atoms with E-state index in [2.05, 4.69) is 15.6 Å². The number of carbonyl (C=O) groups excluding carboxylic acids is 1. The zero-order valence-corrected chi connectivity index (χ0v) is 14.6. The number of furan rings is 1. The van der Waals surface area contributed by atoms with Gasteiger partial charge in [-0.2, -0.15) is 0 Å². The number of aryl methyl sites for hydroxylation is 3. The lowest BCUT2D eigenvalue weighted by Crippen LogP contribution is -2.44. The van der Waals surface area contributed by atoms with E-state index in [1.54, 1.807) is 19.9 Å². The molecule has 1 atom stereocenters. The molecule has 0 spiro atoms. The first kappa shape index (κ1) is 18.0. The van der Waals surface area contributed by atoms with Crippen molar-refractivity contribution in [1.29, 1.82) is 0 Å². The number of hydrogen-bond acceptors (Lipinski definition) is 4. The maximum Gasteiger partial charge on any atom is 0.314 e. The largest absolute Gasteiger partial charge is 0.466 e. The summed E-state index contributed by atoms with van der Waals surface area (Å²) in [7, 11) is 0. The highest BCUT2D eigenvalue weighted by atomic mass is 16.3. The van der Waals surface area contributed by atoms with Crippen LogP contribution in [-0.2, 0) is 12.0 Å². The van der Waals surface area contributed by atoms with Gasteiger partial charge < -0.3 is 20.2 Å². The molecule has 2 amide bonds. The highest BCUT2D eigenvalue weighted by molar-refractivity contribution is 5.73. The van der Waals surface area contributed by atoms with E-state index in [0.29, 0.717) is 24.3 Å². The van der Waals surface area contributed by atoms with Crippen molar-refractivity contribution in [3.05, 3.63) is 52.7 Å². The van der Waals surface area contributed by atoms with Crippen LogP contribution in [0.25, 0.3) is 0 Å². The molecule has 0 aliphatic rings. The average Bonchev–Trinajstić information content (AvgIpc) is 2.87. The molecule has 0 radical (unpaired) electrons. The van der Waals surface area contributed by atoms with Gasteiger partial charge >= 0.3 is 6.03 Å². The van der Waals surface area contributed by atoms with Gasteiger partial charge in [-0.25, -0.2) is 4.79 Å². The zero-order valence-electron chi connectivity index (χ0n) is 14.6. The monoisotopic (exact) mass is 331 g/mol. The van der Waals surface area contributed by atoms with E-state index in [9.17, 15) is 9.90 Å². The van der Waals surface area contributed by atoms with E-state index in [1.807, 2.05) is 32.2 Å². The number of hydrogen-bond donors (Lipinski definition) is 3. The summed E-state index contributed by atoms with van der Waals surface area (Å²) < 4.78 is 5.44. The fraction of sp³-hybridized carbons (Fsp3) is 0.444. The molecule has 0 bridgehead atoms. The van der Waals surface area contributed by atoms with Gasteiger partial charge in [0.25, 0.3) is 0 Å². The Morgan fingerprint density at radius 1 is 1.29 bits per heavy atom. The third-order valence-electron chi connectivity index (χ3n) is 3.89. The summed E-state index contributed by atoms with van der Waals surface area (Å²) in [4.78, 5) is 16.1. The van der Waals surface area contributed by atoms with Gasteiger partial charge in [0.1, 0.15) is 17.1 Å². The first-order valence-electron chi connectivity index (χ1n) is 8.01. The van der Waals surface area contributed by atoms with Crippen molar-refractivity contribution in [2.45, 2.75) is 39.7 Å². The standard InChI is InChI=1S/C18H25N3O3/c1-12-5-6-15(10-20-12)7-8-19-17(22)21-11-18(4,23)16-9-13(2)24-14(16)3/h5-6,9-10,23H,7-8,11H2,1-4H3,(H2,19,21,22). The predicted molar refractivity (Wildman–Crippen MR) is 91.8 cm³/mol. The minimum absolute atomic E-state index is 0.102. The molecule has 1 unspecified atom stereocenters. The molecule has 0 saturated carbocycles. The van der Waals surface area contributed by atoms with Gasteiger partial charge in [-0.1, -0.05) is 6.07 Å². The Morgan fingerprint density at radius 2 is 2.04 bits per heavy atom. The maximum absolute atomic E-state index is 11.9. The summed E-state index contributed by atoms with van der Waals surface area (Å²) in [6.07, 6.45) is 2.51. The summed E-state index contributed by atoms with van der Waals surface area (Å²) in [5, 5.41) is 16.0. The van der Waals surface area contributed by atoms with E-state index in [4.69, 9.17) is 4.42 Å². The van der Waals surface area contributed by atoms with Crippen LogP contribution in [0.1, 0.15) is 35.3 Å². The van der Waals surface area contributed by atoms with E-state index < -0.39 is 5.60 Å². The Hall–Kier alpha value is -2.34. The van der Waals surface area contributed by atoms with Crippen molar-refractivity contribution >= 4 is 6.03 Å². The highest BCUT2D eigenvalue weighted by Crippen LogP contribution is 2.26. The number of carbonyl (C=O) groups is 1. The van der Waals surface area contributed by atoms with Crippen LogP contribution in [0.5, 0.6) is 0 Å². The molecular formula is C18H25N3O3. The maximum atomic E-state index is 11.9. The van der Waals surface area contributed by atoms with Crippen molar-refractivity contribution in [1.82, 2.24) is 15.6 Å².